The SMILES string of the molecule is N#Cc1cccc(-c2cccc(-c3ccc4cc(-c5cc6c7ccccc7oc6c6c5oc5ccccc56)ccc4c3)c2)c1. The van der Waals surface area contributed by atoms with Crippen LogP contribution < -0.4 is 0 Å². The van der Waals surface area contributed by atoms with Crippen LogP contribution in [0.25, 0.3) is 88.0 Å². The van der Waals surface area contributed by atoms with Crippen LogP contribution in [0.4, 0.5) is 0 Å². The summed E-state index contributed by atoms with van der Waals surface area (Å²) in [6.45, 7) is 0. The lowest BCUT2D eigenvalue weighted by atomic mass is 9.94. The normalized spacial score (nSPS) is 11.6. The van der Waals surface area contributed by atoms with Gasteiger partial charge in [-0.15, -0.1) is 0 Å². The van der Waals surface area contributed by atoms with Crippen molar-refractivity contribution in [1.29, 1.82) is 5.26 Å². The summed E-state index contributed by atoms with van der Waals surface area (Å²) in [5.41, 5.74) is 10.6. The average Bonchev–Trinajstić information content (AvgIpc) is 3.66. The summed E-state index contributed by atoms with van der Waals surface area (Å²) < 4.78 is 12.9. The molecule has 0 aliphatic heterocycles. The average molecular weight is 562 g/mol. The van der Waals surface area contributed by atoms with Crippen LogP contribution in [0.2, 0.25) is 0 Å². The molecule has 9 rings (SSSR count). The first kappa shape index (κ1) is 24.5. The molecule has 3 nitrogen and oxygen atoms in total. The maximum atomic E-state index is 9.34. The highest BCUT2D eigenvalue weighted by Crippen LogP contribution is 2.44. The summed E-state index contributed by atoms with van der Waals surface area (Å²) in [5.74, 6) is 0. The Kier molecular flexibility index (Phi) is 5.26. The molecule has 0 spiro atoms. The summed E-state index contributed by atoms with van der Waals surface area (Å²) in [4.78, 5) is 0. The van der Waals surface area contributed by atoms with Crippen molar-refractivity contribution in [3.63, 3.8) is 0 Å². The molecule has 2 aromatic heterocycles. The number of nitrogens with zero attached hydrogens (tertiary/aromatic N) is 1. The number of nitriles is 1. The molecule has 0 fully saturated rings. The Hall–Kier alpha value is -6.11. The van der Waals surface area contributed by atoms with Crippen LogP contribution >= 0.6 is 0 Å². The van der Waals surface area contributed by atoms with Crippen molar-refractivity contribution in [2.45, 2.75) is 0 Å². The molecule has 44 heavy (non-hydrogen) atoms. The molecule has 9 aromatic rings. The van der Waals surface area contributed by atoms with Crippen LogP contribution in [0.3, 0.4) is 0 Å². The van der Waals surface area contributed by atoms with Crippen LogP contribution in [0.15, 0.2) is 148 Å². The van der Waals surface area contributed by atoms with Crippen molar-refractivity contribution in [3.05, 3.63) is 145 Å². The highest BCUT2D eigenvalue weighted by Gasteiger charge is 2.20. The van der Waals surface area contributed by atoms with Gasteiger partial charge in [0.15, 0.2) is 0 Å². The van der Waals surface area contributed by atoms with Crippen LogP contribution in [0.1, 0.15) is 5.56 Å². The predicted octanol–water partition coefficient (Wildman–Crippen LogP) is 11.5. The number of rotatable bonds is 3. The lowest BCUT2D eigenvalue weighted by Gasteiger charge is -2.10. The Morgan fingerprint density at radius 1 is 0.432 bits per heavy atom. The number of furan rings is 2. The Bertz CT molecular complexity index is 2630. The van der Waals surface area contributed by atoms with Gasteiger partial charge in [-0.05, 0) is 87.1 Å². The van der Waals surface area contributed by atoms with Gasteiger partial charge in [-0.25, -0.2) is 0 Å². The fraction of sp³-hybridized carbons (Fsp3) is 0. The maximum Gasteiger partial charge on any atom is 0.147 e. The molecule has 0 bridgehead atoms. The first-order valence-corrected chi connectivity index (χ1v) is 14.6. The molecule has 0 N–H and O–H groups in total. The second-order valence-electron chi connectivity index (χ2n) is 11.3. The Morgan fingerprint density at radius 3 is 1.80 bits per heavy atom. The number of benzene rings is 7. The van der Waals surface area contributed by atoms with E-state index in [1.54, 1.807) is 0 Å². The van der Waals surface area contributed by atoms with Crippen LogP contribution in [0, 0.1) is 11.3 Å². The zero-order valence-corrected chi connectivity index (χ0v) is 23.5. The molecule has 0 aliphatic carbocycles. The molecule has 0 aliphatic rings. The minimum absolute atomic E-state index is 0.662. The molecule has 0 radical (unpaired) electrons. The summed E-state index contributed by atoms with van der Waals surface area (Å²) >= 11 is 0. The molecule has 0 unspecified atom stereocenters. The molecule has 2 heterocycles. The molecule has 7 aromatic carbocycles. The Balaban J connectivity index is 1.19. The van der Waals surface area contributed by atoms with Gasteiger partial charge in [-0.2, -0.15) is 5.26 Å². The smallest absolute Gasteiger partial charge is 0.147 e. The van der Waals surface area contributed by atoms with Crippen molar-refractivity contribution in [3.8, 4) is 39.4 Å². The van der Waals surface area contributed by atoms with E-state index >= 15 is 0 Å². The molecule has 0 saturated heterocycles. The molecule has 3 heteroatoms. The van der Waals surface area contributed by atoms with Crippen molar-refractivity contribution in [2.75, 3.05) is 0 Å². The van der Waals surface area contributed by atoms with Gasteiger partial charge in [0.25, 0.3) is 0 Å². The van der Waals surface area contributed by atoms with Gasteiger partial charge in [0, 0.05) is 21.7 Å². The summed E-state index contributed by atoms with van der Waals surface area (Å²) in [6.07, 6.45) is 0. The third-order valence-corrected chi connectivity index (χ3v) is 8.66. The highest BCUT2D eigenvalue weighted by molar-refractivity contribution is 6.25. The first-order valence-electron chi connectivity index (χ1n) is 14.6. The summed E-state index contributed by atoms with van der Waals surface area (Å²) in [7, 11) is 0. The molecule has 0 amide bonds. The number of hydrogen-bond acceptors (Lipinski definition) is 3. The molecule has 204 valence electrons. The largest absolute Gasteiger partial charge is 0.455 e. The lowest BCUT2D eigenvalue weighted by Crippen LogP contribution is -1.85. The van der Waals surface area contributed by atoms with Crippen LogP contribution in [-0.2, 0) is 0 Å². The van der Waals surface area contributed by atoms with E-state index in [-0.39, 0.29) is 0 Å². The summed E-state index contributed by atoms with van der Waals surface area (Å²) in [6, 6.07) is 50.3. The lowest BCUT2D eigenvalue weighted by molar-refractivity contribution is 0.663. The van der Waals surface area contributed by atoms with Crippen molar-refractivity contribution >= 4 is 54.6 Å². The molecular weight excluding hydrogens is 538 g/mol. The van der Waals surface area contributed by atoms with E-state index in [0.717, 1.165) is 82.6 Å². The monoisotopic (exact) mass is 561 g/mol. The maximum absolute atomic E-state index is 9.34. The number of fused-ring (bicyclic) bond motifs is 8. The van der Waals surface area contributed by atoms with E-state index < -0.39 is 0 Å². The van der Waals surface area contributed by atoms with Crippen molar-refractivity contribution in [2.24, 2.45) is 0 Å². The highest BCUT2D eigenvalue weighted by atomic mass is 16.3. The van der Waals surface area contributed by atoms with E-state index in [1.165, 1.54) is 5.39 Å². The Morgan fingerprint density at radius 2 is 1.02 bits per heavy atom. The Labute approximate surface area is 252 Å². The third-order valence-electron chi connectivity index (χ3n) is 8.66. The van der Waals surface area contributed by atoms with Crippen LogP contribution in [0.5, 0.6) is 0 Å². The molecule has 0 atom stereocenters. The zero-order chi connectivity index (χ0) is 29.2. The van der Waals surface area contributed by atoms with E-state index in [2.05, 4.69) is 91.0 Å². The number of para-hydroxylation sites is 2. The second-order valence-corrected chi connectivity index (χ2v) is 11.3. The fourth-order valence-electron chi connectivity index (χ4n) is 6.52. The quantitative estimate of drug-likeness (QED) is 0.216. The van der Waals surface area contributed by atoms with Crippen LogP contribution in [-0.4, -0.2) is 0 Å². The first-order chi connectivity index (χ1) is 21.7. The standard InChI is InChI=1S/C41H23NO2/c42-24-25-7-5-8-26(19-25)27-9-6-10-28(20-27)29-15-16-31-22-32(18-17-30(31)21-29)35-23-36-33-11-1-3-13-37(33)43-41(36)39-34-12-2-4-14-38(34)44-40(35)39/h1-23H. The van der Waals surface area contributed by atoms with Gasteiger partial charge in [0.2, 0.25) is 0 Å². The molecule has 0 saturated carbocycles. The second kappa shape index (κ2) is 9.46. The molecular formula is C41H23NO2. The topological polar surface area (TPSA) is 50.1 Å². The summed E-state index contributed by atoms with van der Waals surface area (Å²) in [5, 5.41) is 15.9. The predicted molar refractivity (Wildman–Crippen MR) is 180 cm³/mol. The van der Waals surface area contributed by atoms with Gasteiger partial charge in [-0.3, -0.25) is 0 Å². The van der Waals surface area contributed by atoms with E-state index in [1.807, 2.05) is 54.6 Å². The minimum atomic E-state index is 0.662. The van der Waals surface area contributed by atoms with Gasteiger partial charge in [-0.1, -0.05) is 91.0 Å². The van der Waals surface area contributed by atoms with E-state index in [4.69, 9.17) is 8.83 Å². The van der Waals surface area contributed by atoms with Crippen molar-refractivity contribution in [1.82, 2.24) is 0 Å². The van der Waals surface area contributed by atoms with Crippen molar-refractivity contribution < 1.29 is 8.83 Å². The van der Waals surface area contributed by atoms with E-state index in [9.17, 15) is 5.26 Å². The fourth-order valence-corrected chi connectivity index (χ4v) is 6.52. The zero-order valence-electron chi connectivity index (χ0n) is 23.5. The third kappa shape index (κ3) is 3.75. The number of hydrogen-bond donors (Lipinski definition) is 0. The minimum Gasteiger partial charge on any atom is -0.455 e. The van der Waals surface area contributed by atoms with Gasteiger partial charge < -0.3 is 8.83 Å². The van der Waals surface area contributed by atoms with E-state index in [0.29, 0.717) is 5.56 Å². The van der Waals surface area contributed by atoms with Gasteiger partial charge in [0.1, 0.15) is 22.3 Å². The van der Waals surface area contributed by atoms with Gasteiger partial charge >= 0.3 is 0 Å². The van der Waals surface area contributed by atoms with Gasteiger partial charge in [0.05, 0.1) is 17.0 Å².